The molecule has 0 unspecified atom stereocenters. The number of benzene rings is 2. The second-order valence-electron chi connectivity index (χ2n) is 10.5. The van der Waals surface area contributed by atoms with Gasteiger partial charge in [-0.1, -0.05) is 31.2 Å². The Hall–Kier alpha value is -3.67. The number of ether oxygens (including phenoxy) is 1. The van der Waals surface area contributed by atoms with E-state index in [1.165, 1.54) is 22.5 Å². The molecule has 1 saturated carbocycles. The summed E-state index contributed by atoms with van der Waals surface area (Å²) in [5, 5.41) is 10.5. The van der Waals surface area contributed by atoms with Crippen LogP contribution in [0.4, 0.5) is 0 Å². The fraction of sp³-hybridized carbons (Fsp3) is 0.310. The number of fused-ring (bicyclic) bond motifs is 4. The van der Waals surface area contributed by atoms with Crippen LogP contribution in [0.15, 0.2) is 75.4 Å². The Morgan fingerprint density at radius 1 is 1.08 bits per heavy atom. The van der Waals surface area contributed by atoms with E-state index in [1.54, 1.807) is 43.3 Å². The number of aromatic hydroxyl groups is 1. The van der Waals surface area contributed by atoms with Gasteiger partial charge in [-0.05, 0) is 83.0 Å². The van der Waals surface area contributed by atoms with Gasteiger partial charge in [0.2, 0.25) is 0 Å². The molecule has 1 fully saturated rings. The van der Waals surface area contributed by atoms with Crippen LogP contribution in [0.25, 0.3) is 5.69 Å². The molecule has 1 aliphatic heterocycles. The summed E-state index contributed by atoms with van der Waals surface area (Å²) in [5.41, 5.74) is 0.239. The zero-order chi connectivity index (χ0) is 27.8. The minimum Gasteiger partial charge on any atom is -0.504 e. The molecular weight excluding hydrogens is 613 g/mol. The number of allylic oxidation sites excluding steroid dienone is 4. The third-order valence-electron chi connectivity index (χ3n) is 8.56. The van der Waals surface area contributed by atoms with E-state index in [1.807, 2.05) is 41.7 Å². The van der Waals surface area contributed by atoms with E-state index < -0.39 is 34.7 Å². The molecule has 0 saturated heterocycles. The molecule has 0 amide bonds. The van der Waals surface area contributed by atoms with Gasteiger partial charge in [0.1, 0.15) is 0 Å². The first kappa shape index (κ1) is 25.6. The highest BCUT2D eigenvalue weighted by Gasteiger charge is 2.59. The van der Waals surface area contributed by atoms with Crippen molar-refractivity contribution in [2.45, 2.75) is 38.8 Å². The van der Waals surface area contributed by atoms with Crippen molar-refractivity contribution in [2.24, 2.45) is 11.3 Å². The predicted molar refractivity (Wildman–Crippen MR) is 152 cm³/mol. The summed E-state index contributed by atoms with van der Waals surface area (Å²) >= 11 is 2.01. The van der Waals surface area contributed by atoms with Crippen molar-refractivity contribution >= 4 is 34.2 Å². The minimum absolute atomic E-state index is 0.0136. The number of phenols is 1. The van der Waals surface area contributed by atoms with Crippen LogP contribution >= 0.6 is 22.6 Å². The van der Waals surface area contributed by atoms with E-state index in [0.29, 0.717) is 20.4 Å². The summed E-state index contributed by atoms with van der Waals surface area (Å²) in [7, 11) is 1.45. The topological polar surface area (TPSA) is 113 Å². The highest BCUT2D eigenvalue weighted by Crippen LogP contribution is 2.60. The lowest BCUT2D eigenvalue weighted by molar-refractivity contribution is -0.139. The zero-order valence-corrected chi connectivity index (χ0v) is 23.7. The first-order chi connectivity index (χ1) is 18.6. The van der Waals surface area contributed by atoms with Gasteiger partial charge in [0, 0.05) is 11.8 Å². The van der Waals surface area contributed by atoms with E-state index in [0.717, 1.165) is 10.1 Å². The minimum atomic E-state index is -1.13. The van der Waals surface area contributed by atoms with Gasteiger partial charge in [0.25, 0.3) is 0 Å². The van der Waals surface area contributed by atoms with Crippen molar-refractivity contribution in [3.05, 3.63) is 95.9 Å². The number of methoxy groups -OCH3 is 1. The number of aromatic nitrogens is 3. The summed E-state index contributed by atoms with van der Waals surface area (Å²) in [5.74, 6) is -1.37. The Morgan fingerprint density at radius 2 is 1.79 bits per heavy atom. The highest BCUT2D eigenvalue weighted by atomic mass is 127. The summed E-state index contributed by atoms with van der Waals surface area (Å²) in [6.07, 6.45) is 3.54. The van der Waals surface area contributed by atoms with Crippen LogP contribution in [-0.4, -0.2) is 37.7 Å². The number of hydrogen-bond donors (Lipinski definition) is 1. The predicted octanol–water partition coefficient (Wildman–Crippen LogP) is 3.51. The summed E-state index contributed by atoms with van der Waals surface area (Å²) < 4.78 is 9.96. The van der Waals surface area contributed by atoms with Crippen molar-refractivity contribution in [1.29, 1.82) is 0 Å². The first-order valence-corrected chi connectivity index (χ1v) is 13.7. The van der Waals surface area contributed by atoms with Gasteiger partial charge in [0.15, 0.2) is 23.1 Å². The van der Waals surface area contributed by atoms with Gasteiger partial charge in [-0.15, -0.1) is 0 Å². The van der Waals surface area contributed by atoms with Crippen LogP contribution in [0.3, 0.4) is 0 Å². The Labute approximate surface area is 237 Å². The zero-order valence-electron chi connectivity index (χ0n) is 21.6. The van der Waals surface area contributed by atoms with Crippen LogP contribution < -0.4 is 16.1 Å². The lowest BCUT2D eigenvalue weighted by Crippen LogP contribution is -2.54. The fourth-order valence-electron chi connectivity index (χ4n) is 6.64. The number of nitrogens with zero attached hydrogens (tertiary/aromatic N) is 3. The van der Waals surface area contributed by atoms with E-state index in [-0.39, 0.29) is 36.0 Å². The largest absolute Gasteiger partial charge is 0.504 e. The molecule has 2 heterocycles. The molecule has 0 radical (unpaired) electrons. The normalized spacial score (nSPS) is 25.8. The Morgan fingerprint density at radius 3 is 2.49 bits per heavy atom. The molecule has 10 heteroatoms. The van der Waals surface area contributed by atoms with Crippen LogP contribution in [0.2, 0.25) is 0 Å². The number of carbonyl (C=O) groups is 2. The number of carbonyl (C=O) groups excluding carboxylic acids is 2. The van der Waals surface area contributed by atoms with Crippen LogP contribution in [0.1, 0.15) is 37.8 Å². The molecular formula is C29H26IN3O6. The number of para-hydroxylation sites is 1. The molecule has 2 aromatic carbocycles. The Balaban J connectivity index is 1.61. The third-order valence-corrected chi connectivity index (χ3v) is 9.38. The van der Waals surface area contributed by atoms with Gasteiger partial charge >= 0.3 is 11.4 Å². The average Bonchev–Trinajstić information content (AvgIpc) is 3.18. The van der Waals surface area contributed by atoms with E-state index in [4.69, 9.17) is 4.74 Å². The second-order valence-corrected chi connectivity index (χ2v) is 11.7. The molecule has 4 atom stereocenters. The van der Waals surface area contributed by atoms with Crippen molar-refractivity contribution in [3.63, 3.8) is 0 Å². The van der Waals surface area contributed by atoms with Gasteiger partial charge in [-0.3, -0.25) is 9.59 Å². The average molecular weight is 639 g/mol. The lowest BCUT2D eigenvalue weighted by Gasteiger charge is -2.52. The van der Waals surface area contributed by atoms with E-state index in [9.17, 15) is 24.3 Å². The molecule has 0 spiro atoms. The molecule has 200 valence electrons. The molecule has 3 aromatic rings. The quantitative estimate of drug-likeness (QED) is 0.347. The number of rotatable bonds is 3. The molecule has 0 bridgehead atoms. The summed E-state index contributed by atoms with van der Waals surface area (Å²) in [6, 6.07) is 11.6. The van der Waals surface area contributed by atoms with Gasteiger partial charge < -0.3 is 9.84 Å². The number of halogens is 1. The fourth-order valence-corrected chi connectivity index (χ4v) is 7.26. The van der Waals surface area contributed by atoms with Gasteiger partial charge in [-0.25, -0.2) is 23.5 Å². The Kier molecular flexibility index (Phi) is 5.87. The van der Waals surface area contributed by atoms with Crippen LogP contribution in [-0.2, 0) is 16.1 Å². The molecule has 39 heavy (non-hydrogen) atoms. The third kappa shape index (κ3) is 3.49. The standard InChI is InChI=1S/C29H26IN3O6/c1-15-11-23(34)29(2)19(25(15)35)14-21-18(24(29)16-12-20(30)26(36)22(13-16)39-3)9-10-31-27(37)32(28(38)33(21)31)17-7-5-4-6-8-17/h4-9,11-13,19,21,24,36H,10,14H2,1-3H3/t19-,21+,24-,29-/m0/s1. The second kappa shape index (κ2) is 8.94. The monoisotopic (exact) mass is 639 g/mol. The maximum absolute atomic E-state index is 13.8. The lowest BCUT2D eigenvalue weighted by atomic mass is 9.51. The maximum Gasteiger partial charge on any atom is 0.352 e. The van der Waals surface area contributed by atoms with Crippen molar-refractivity contribution in [3.8, 4) is 17.2 Å². The first-order valence-electron chi connectivity index (χ1n) is 12.6. The highest BCUT2D eigenvalue weighted by molar-refractivity contribution is 14.1. The van der Waals surface area contributed by atoms with Crippen LogP contribution in [0.5, 0.6) is 11.5 Å². The molecule has 1 aromatic heterocycles. The molecule has 9 nitrogen and oxygen atoms in total. The SMILES string of the molecule is COc1cc([C@H]2C3=CCn4c(=O)n(-c5ccccc5)c(=O)n4[C@@H]3C[C@H]3C(=O)C(C)=CC(=O)[C@@]23C)cc(I)c1O. The van der Waals surface area contributed by atoms with Gasteiger partial charge in [-0.2, -0.15) is 0 Å². The number of ketones is 2. The van der Waals surface area contributed by atoms with Crippen molar-refractivity contribution < 1.29 is 19.4 Å². The van der Waals surface area contributed by atoms with Crippen molar-refractivity contribution in [2.75, 3.05) is 7.11 Å². The molecule has 6 rings (SSSR count). The Bertz CT molecular complexity index is 1740. The maximum atomic E-state index is 13.8. The number of phenolic OH excluding ortho intramolecular Hbond substituents is 1. The molecule has 3 aliphatic rings. The number of hydrogen-bond acceptors (Lipinski definition) is 6. The van der Waals surface area contributed by atoms with Crippen molar-refractivity contribution in [1.82, 2.24) is 13.9 Å². The smallest absolute Gasteiger partial charge is 0.352 e. The number of Topliss-reactive ketones (excluding diaryl/α,β-unsaturated/α-hetero) is 1. The molecule has 2 aliphatic carbocycles. The molecule has 1 N–H and O–H groups in total. The van der Waals surface area contributed by atoms with Gasteiger partial charge in [0.05, 0.1) is 34.4 Å². The van der Waals surface area contributed by atoms with E-state index >= 15 is 0 Å². The summed E-state index contributed by atoms with van der Waals surface area (Å²) in [4.78, 5) is 54.7. The van der Waals surface area contributed by atoms with Crippen LogP contribution in [0, 0.1) is 14.9 Å². The van der Waals surface area contributed by atoms with E-state index in [2.05, 4.69) is 0 Å². The summed E-state index contributed by atoms with van der Waals surface area (Å²) in [6.45, 7) is 3.59.